The summed E-state index contributed by atoms with van der Waals surface area (Å²) in [6.07, 6.45) is 9.77. The second-order valence-electron chi connectivity index (χ2n) is 4.74. The molecule has 1 aromatic carbocycles. The zero-order chi connectivity index (χ0) is 11.1. The fraction of sp³-hybridized carbons (Fsp3) is 0.600. The van der Waals surface area contributed by atoms with Gasteiger partial charge in [-0.3, -0.25) is 0 Å². The Hall–Kier alpha value is -0.430. The molecule has 0 N–H and O–H groups in total. The molecule has 2 bridgehead atoms. The van der Waals surface area contributed by atoms with Crippen LogP contribution >= 0.6 is 11.8 Å². The summed E-state index contributed by atoms with van der Waals surface area (Å²) in [6.45, 7) is 0. The van der Waals surface area contributed by atoms with Crippen LogP contribution in [-0.2, 0) is 12.2 Å². The van der Waals surface area contributed by atoms with Crippen LogP contribution in [-0.4, -0.2) is 5.75 Å². The molecular formula is C15H22S. The van der Waals surface area contributed by atoms with Gasteiger partial charge in [-0.05, 0) is 36.1 Å². The third-order valence-electron chi connectivity index (χ3n) is 3.30. The zero-order valence-corrected chi connectivity index (χ0v) is 10.9. The van der Waals surface area contributed by atoms with E-state index < -0.39 is 0 Å². The summed E-state index contributed by atoms with van der Waals surface area (Å²) in [5.41, 5.74) is 3.01. The maximum Gasteiger partial charge on any atom is 0.0184 e. The smallest absolute Gasteiger partial charge is 0.0184 e. The summed E-state index contributed by atoms with van der Waals surface area (Å²) in [7, 11) is 0. The van der Waals surface area contributed by atoms with Crippen LogP contribution in [0.1, 0.15) is 49.7 Å². The van der Waals surface area contributed by atoms with Crippen molar-refractivity contribution in [3.8, 4) is 0 Å². The highest BCUT2D eigenvalue weighted by atomic mass is 32.2. The minimum atomic E-state index is 1.19. The fourth-order valence-electron chi connectivity index (χ4n) is 2.23. The molecule has 0 aliphatic carbocycles. The fourth-order valence-corrected chi connectivity index (χ4v) is 3.21. The van der Waals surface area contributed by atoms with Gasteiger partial charge in [-0.1, -0.05) is 49.9 Å². The Morgan fingerprint density at radius 1 is 0.688 bits per heavy atom. The molecule has 3 rings (SSSR count). The first-order chi connectivity index (χ1) is 7.95. The summed E-state index contributed by atoms with van der Waals surface area (Å²) in [6, 6.07) is 9.27. The molecule has 0 saturated carbocycles. The number of hydrogen-bond donors (Lipinski definition) is 0. The van der Waals surface area contributed by atoms with Crippen molar-refractivity contribution in [3.05, 3.63) is 35.4 Å². The first-order valence-corrected chi connectivity index (χ1v) is 7.76. The van der Waals surface area contributed by atoms with Crippen molar-refractivity contribution in [1.82, 2.24) is 0 Å². The summed E-state index contributed by atoms with van der Waals surface area (Å²) in [5, 5.41) is 0. The van der Waals surface area contributed by atoms with Crippen LogP contribution in [0.15, 0.2) is 24.3 Å². The predicted octanol–water partition coefficient (Wildman–Crippen LogP) is 4.82. The summed E-state index contributed by atoms with van der Waals surface area (Å²) < 4.78 is 0. The minimum absolute atomic E-state index is 1.19. The van der Waals surface area contributed by atoms with Gasteiger partial charge in [0.2, 0.25) is 0 Å². The third kappa shape index (κ3) is 4.21. The lowest BCUT2D eigenvalue weighted by Crippen LogP contribution is -1.90. The number of hydrogen-bond acceptors (Lipinski definition) is 1. The molecule has 0 spiro atoms. The SMILES string of the molecule is c1cc2ccc1CCCCCCCCSC2. The third-order valence-corrected chi connectivity index (χ3v) is 4.41. The van der Waals surface area contributed by atoms with Crippen LogP contribution in [0, 0.1) is 0 Å². The average molecular weight is 234 g/mol. The monoisotopic (exact) mass is 234 g/mol. The van der Waals surface area contributed by atoms with E-state index in [1.54, 1.807) is 0 Å². The Morgan fingerprint density at radius 2 is 1.31 bits per heavy atom. The summed E-state index contributed by atoms with van der Waals surface area (Å²) in [4.78, 5) is 0. The molecule has 2 aliphatic rings. The topological polar surface area (TPSA) is 0 Å². The molecule has 0 nitrogen and oxygen atoms in total. The van der Waals surface area contributed by atoms with E-state index in [1.807, 2.05) is 0 Å². The molecule has 0 saturated heterocycles. The highest BCUT2D eigenvalue weighted by Crippen LogP contribution is 2.18. The molecule has 2 heterocycles. The van der Waals surface area contributed by atoms with E-state index in [2.05, 4.69) is 36.0 Å². The Balaban J connectivity index is 1.93. The lowest BCUT2D eigenvalue weighted by atomic mass is 10.0. The lowest BCUT2D eigenvalue weighted by Gasteiger charge is -2.07. The Morgan fingerprint density at radius 3 is 2.12 bits per heavy atom. The molecule has 0 radical (unpaired) electrons. The molecule has 16 heavy (non-hydrogen) atoms. The van der Waals surface area contributed by atoms with Crippen molar-refractivity contribution in [3.63, 3.8) is 0 Å². The Labute approximate surface area is 104 Å². The predicted molar refractivity (Wildman–Crippen MR) is 74.0 cm³/mol. The van der Waals surface area contributed by atoms with Crippen molar-refractivity contribution < 1.29 is 0 Å². The lowest BCUT2D eigenvalue weighted by molar-refractivity contribution is 0.609. The van der Waals surface area contributed by atoms with Gasteiger partial charge >= 0.3 is 0 Å². The molecular weight excluding hydrogens is 212 g/mol. The van der Waals surface area contributed by atoms with Gasteiger partial charge in [-0.2, -0.15) is 11.8 Å². The standard InChI is InChI=1S/C15H22S/c1-2-4-6-12-16-13-15-10-8-14(9-11-15)7-5-3-1/h8-11H,1-7,12-13H2. The summed E-state index contributed by atoms with van der Waals surface area (Å²) in [5.74, 6) is 2.53. The van der Waals surface area contributed by atoms with Gasteiger partial charge in [0, 0.05) is 5.75 Å². The van der Waals surface area contributed by atoms with Crippen molar-refractivity contribution >= 4 is 11.8 Å². The average Bonchev–Trinajstić information content (AvgIpc) is 2.33. The molecule has 1 aromatic rings. The zero-order valence-electron chi connectivity index (χ0n) is 10.1. The van der Waals surface area contributed by atoms with Crippen molar-refractivity contribution in [2.45, 2.75) is 50.7 Å². The van der Waals surface area contributed by atoms with Crippen molar-refractivity contribution in [1.29, 1.82) is 0 Å². The first kappa shape index (κ1) is 12.0. The van der Waals surface area contributed by atoms with Crippen LogP contribution in [0.3, 0.4) is 0 Å². The van der Waals surface area contributed by atoms with Gasteiger partial charge in [-0.15, -0.1) is 0 Å². The van der Waals surface area contributed by atoms with E-state index in [4.69, 9.17) is 0 Å². The highest BCUT2D eigenvalue weighted by Gasteiger charge is 1.99. The van der Waals surface area contributed by atoms with Crippen LogP contribution < -0.4 is 0 Å². The van der Waals surface area contributed by atoms with Gasteiger partial charge in [0.15, 0.2) is 0 Å². The molecule has 2 aliphatic heterocycles. The molecule has 88 valence electrons. The number of rotatable bonds is 0. The second-order valence-corrected chi connectivity index (χ2v) is 5.85. The molecule has 0 fully saturated rings. The van der Waals surface area contributed by atoms with Gasteiger partial charge < -0.3 is 0 Å². The van der Waals surface area contributed by atoms with Gasteiger partial charge in [0.05, 0.1) is 0 Å². The van der Waals surface area contributed by atoms with E-state index in [-0.39, 0.29) is 0 Å². The summed E-state index contributed by atoms with van der Waals surface area (Å²) >= 11 is 2.09. The number of thioether (sulfide) groups is 1. The molecule has 0 atom stereocenters. The normalized spacial score (nSPS) is 19.2. The van der Waals surface area contributed by atoms with Crippen molar-refractivity contribution in [2.75, 3.05) is 5.75 Å². The molecule has 0 amide bonds. The number of fused-ring (bicyclic) bond motifs is 11. The second kappa shape index (κ2) is 7.01. The first-order valence-electron chi connectivity index (χ1n) is 6.61. The van der Waals surface area contributed by atoms with Crippen molar-refractivity contribution in [2.24, 2.45) is 0 Å². The number of benzene rings is 1. The Kier molecular flexibility index (Phi) is 5.27. The quantitative estimate of drug-likeness (QED) is 0.620. The molecule has 0 aromatic heterocycles. The van der Waals surface area contributed by atoms with E-state index in [9.17, 15) is 0 Å². The Bertz CT molecular complexity index is 258. The van der Waals surface area contributed by atoms with Gasteiger partial charge in [-0.25, -0.2) is 0 Å². The molecule has 1 heteroatoms. The van der Waals surface area contributed by atoms with E-state index >= 15 is 0 Å². The maximum absolute atomic E-state index is 2.32. The van der Waals surface area contributed by atoms with Crippen LogP contribution in [0.2, 0.25) is 0 Å². The van der Waals surface area contributed by atoms with Gasteiger partial charge in [0.1, 0.15) is 0 Å². The van der Waals surface area contributed by atoms with Crippen LogP contribution in [0.4, 0.5) is 0 Å². The van der Waals surface area contributed by atoms with E-state index in [0.717, 1.165) is 0 Å². The minimum Gasteiger partial charge on any atom is -0.157 e. The van der Waals surface area contributed by atoms with E-state index in [1.165, 1.54) is 67.6 Å². The van der Waals surface area contributed by atoms with E-state index in [0.29, 0.717) is 0 Å². The van der Waals surface area contributed by atoms with Crippen LogP contribution in [0.5, 0.6) is 0 Å². The highest BCUT2D eigenvalue weighted by molar-refractivity contribution is 7.98. The largest absolute Gasteiger partial charge is 0.157 e. The van der Waals surface area contributed by atoms with Crippen LogP contribution in [0.25, 0.3) is 0 Å². The number of aryl methyl sites for hydroxylation is 1. The van der Waals surface area contributed by atoms with Gasteiger partial charge in [0.25, 0.3) is 0 Å². The maximum atomic E-state index is 2.32. The molecule has 0 unspecified atom stereocenters.